The lowest BCUT2D eigenvalue weighted by Gasteiger charge is -2.13. The van der Waals surface area contributed by atoms with Gasteiger partial charge < -0.3 is 16.0 Å². The normalized spacial score (nSPS) is 10.5. The topological polar surface area (TPSA) is 99.3 Å². The van der Waals surface area contributed by atoms with Crippen LogP contribution in [0.5, 0.6) is 0 Å². The van der Waals surface area contributed by atoms with Crippen molar-refractivity contribution in [2.75, 3.05) is 0 Å². The SMILES string of the molecule is NC(N)=Nc1nc(=O)c2ccccc2n1Cc1ccccc1. The number of rotatable bonds is 3. The fourth-order valence-corrected chi connectivity index (χ4v) is 2.33. The van der Waals surface area contributed by atoms with Crippen LogP contribution in [-0.4, -0.2) is 15.5 Å². The van der Waals surface area contributed by atoms with Crippen molar-refractivity contribution in [2.45, 2.75) is 6.54 Å². The number of benzene rings is 2. The molecule has 1 heterocycles. The molecule has 2 aromatic carbocycles. The zero-order valence-corrected chi connectivity index (χ0v) is 11.8. The van der Waals surface area contributed by atoms with Gasteiger partial charge in [0.1, 0.15) is 0 Å². The van der Waals surface area contributed by atoms with Crippen LogP contribution in [0.15, 0.2) is 64.4 Å². The molecule has 0 aliphatic rings. The minimum Gasteiger partial charge on any atom is -0.370 e. The Kier molecular flexibility index (Phi) is 3.57. The van der Waals surface area contributed by atoms with Crippen LogP contribution < -0.4 is 17.0 Å². The zero-order chi connectivity index (χ0) is 15.5. The molecule has 0 atom stereocenters. The van der Waals surface area contributed by atoms with Gasteiger partial charge in [-0.1, -0.05) is 42.5 Å². The van der Waals surface area contributed by atoms with Crippen molar-refractivity contribution in [1.82, 2.24) is 9.55 Å². The first-order chi connectivity index (χ1) is 10.6. The number of para-hydroxylation sites is 1. The highest BCUT2D eigenvalue weighted by atomic mass is 16.1. The van der Waals surface area contributed by atoms with Crippen molar-refractivity contribution in [3.63, 3.8) is 0 Å². The molecule has 0 unspecified atom stereocenters. The zero-order valence-electron chi connectivity index (χ0n) is 11.8. The fourth-order valence-electron chi connectivity index (χ4n) is 2.33. The molecule has 1 aromatic heterocycles. The maximum Gasteiger partial charge on any atom is 0.282 e. The van der Waals surface area contributed by atoms with E-state index in [9.17, 15) is 4.79 Å². The van der Waals surface area contributed by atoms with E-state index in [0.717, 1.165) is 11.1 Å². The number of guanidine groups is 1. The molecule has 0 spiro atoms. The van der Waals surface area contributed by atoms with Gasteiger partial charge in [0.15, 0.2) is 5.96 Å². The minimum atomic E-state index is -0.347. The molecule has 6 heteroatoms. The summed E-state index contributed by atoms with van der Waals surface area (Å²) in [5.41, 5.74) is 12.4. The molecule has 0 aliphatic carbocycles. The maximum absolute atomic E-state index is 12.1. The summed E-state index contributed by atoms with van der Waals surface area (Å²) in [7, 11) is 0. The van der Waals surface area contributed by atoms with Gasteiger partial charge in [0, 0.05) is 0 Å². The first-order valence-corrected chi connectivity index (χ1v) is 6.78. The fraction of sp³-hybridized carbons (Fsp3) is 0.0625. The van der Waals surface area contributed by atoms with Gasteiger partial charge in [-0.05, 0) is 17.7 Å². The van der Waals surface area contributed by atoms with Crippen LogP contribution in [-0.2, 0) is 6.54 Å². The molecule has 4 N–H and O–H groups in total. The number of fused-ring (bicyclic) bond motifs is 1. The quantitative estimate of drug-likeness (QED) is 0.562. The van der Waals surface area contributed by atoms with Crippen molar-refractivity contribution in [3.8, 4) is 0 Å². The van der Waals surface area contributed by atoms with Crippen molar-refractivity contribution < 1.29 is 0 Å². The average molecular weight is 293 g/mol. The van der Waals surface area contributed by atoms with Crippen LogP contribution in [0.4, 0.5) is 5.95 Å². The number of nitrogens with zero attached hydrogens (tertiary/aromatic N) is 3. The first kappa shape index (κ1) is 13.8. The molecule has 0 fully saturated rings. The van der Waals surface area contributed by atoms with Gasteiger partial charge in [0.2, 0.25) is 5.95 Å². The number of nitrogens with two attached hydrogens (primary N) is 2. The van der Waals surface area contributed by atoms with E-state index in [0.29, 0.717) is 11.9 Å². The lowest BCUT2D eigenvalue weighted by Crippen LogP contribution is -2.24. The third-order valence-electron chi connectivity index (χ3n) is 3.28. The smallest absolute Gasteiger partial charge is 0.282 e. The van der Waals surface area contributed by atoms with Gasteiger partial charge >= 0.3 is 0 Å². The Hall–Kier alpha value is -3.15. The third-order valence-corrected chi connectivity index (χ3v) is 3.28. The molecule has 22 heavy (non-hydrogen) atoms. The summed E-state index contributed by atoms with van der Waals surface area (Å²) in [5.74, 6) is 0.0662. The lowest BCUT2D eigenvalue weighted by atomic mass is 10.2. The van der Waals surface area contributed by atoms with Gasteiger partial charge in [-0.25, -0.2) is 0 Å². The molecule has 0 bridgehead atoms. The summed E-state index contributed by atoms with van der Waals surface area (Å²) in [4.78, 5) is 20.1. The number of hydrogen-bond donors (Lipinski definition) is 2. The van der Waals surface area contributed by atoms with Crippen LogP contribution in [0.2, 0.25) is 0 Å². The highest BCUT2D eigenvalue weighted by molar-refractivity contribution is 5.81. The third kappa shape index (κ3) is 2.67. The predicted molar refractivity (Wildman–Crippen MR) is 87.0 cm³/mol. The Bertz CT molecular complexity index is 895. The van der Waals surface area contributed by atoms with Crippen LogP contribution in [0.1, 0.15) is 5.56 Å². The van der Waals surface area contributed by atoms with E-state index < -0.39 is 0 Å². The molecule has 0 radical (unpaired) electrons. The van der Waals surface area contributed by atoms with Gasteiger partial charge in [-0.2, -0.15) is 9.98 Å². The standard InChI is InChI=1S/C16H15N5O/c17-15(18)20-16-19-14(22)12-8-4-5-9-13(12)21(16)10-11-6-2-1-3-7-11/h1-9H,10H2,(H4,17,18,19,20,22). The van der Waals surface area contributed by atoms with Crippen molar-refractivity contribution >= 4 is 22.8 Å². The minimum absolute atomic E-state index is 0.135. The number of aliphatic imine (C=N–C) groups is 1. The second kappa shape index (κ2) is 5.69. The van der Waals surface area contributed by atoms with Crippen LogP contribution in [0, 0.1) is 0 Å². The summed E-state index contributed by atoms with van der Waals surface area (Å²) in [6.45, 7) is 0.515. The van der Waals surface area contributed by atoms with E-state index in [-0.39, 0.29) is 17.5 Å². The van der Waals surface area contributed by atoms with Crippen LogP contribution in [0.3, 0.4) is 0 Å². The molecular formula is C16H15N5O. The van der Waals surface area contributed by atoms with E-state index in [1.54, 1.807) is 12.1 Å². The molecule has 6 nitrogen and oxygen atoms in total. The summed E-state index contributed by atoms with van der Waals surface area (Å²) in [6.07, 6.45) is 0. The van der Waals surface area contributed by atoms with Gasteiger partial charge in [0.25, 0.3) is 5.56 Å². The molecule has 3 aromatic rings. The summed E-state index contributed by atoms with van der Waals surface area (Å²) < 4.78 is 1.83. The van der Waals surface area contributed by atoms with E-state index >= 15 is 0 Å². The molecule has 0 saturated carbocycles. The first-order valence-electron chi connectivity index (χ1n) is 6.78. The van der Waals surface area contributed by atoms with Crippen molar-refractivity contribution in [2.24, 2.45) is 16.5 Å². The van der Waals surface area contributed by atoms with Gasteiger partial charge in [-0.15, -0.1) is 0 Å². The Morgan fingerprint density at radius 3 is 2.45 bits per heavy atom. The second-order valence-electron chi connectivity index (χ2n) is 4.84. The van der Waals surface area contributed by atoms with Crippen LogP contribution >= 0.6 is 0 Å². The highest BCUT2D eigenvalue weighted by Gasteiger charge is 2.10. The van der Waals surface area contributed by atoms with Crippen LogP contribution in [0.25, 0.3) is 10.9 Å². The van der Waals surface area contributed by atoms with E-state index in [4.69, 9.17) is 11.5 Å². The van der Waals surface area contributed by atoms with Gasteiger partial charge in [0.05, 0.1) is 17.4 Å². The second-order valence-corrected chi connectivity index (χ2v) is 4.84. The number of hydrogen-bond acceptors (Lipinski definition) is 3. The lowest BCUT2D eigenvalue weighted by molar-refractivity contribution is 0.800. The van der Waals surface area contributed by atoms with Crippen molar-refractivity contribution in [1.29, 1.82) is 0 Å². The molecule has 3 rings (SSSR count). The van der Waals surface area contributed by atoms with E-state index in [2.05, 4.69) is 9.98 Å². The molecule has 110 valence electrons. The van der Waals surface area contributed by atoms with Crippen molar-refractivity contribution in [3.05, 3.63) is 70.5 Å². The highest BCUT2D eigenvalue weighted by Crippen LogP contribution is 2.18. The Morgan fingerprint density at radius 1 is 1.05 bits per heavy atom. The maximum atomic E-state index is 12.1. The monoisotopic (exact) mass is 293 g/mol. The largest absolute Gasteiger partial charge is 0.370 e. The summed E-state index contributed by atoms with van der Waals surface area (Å²) in [5, 5.41) is 0.535. The molecule has 0 saturated heterocycles. The molecular weight excluding hydrogens is 278 g/mol. The predicted octanol–water partition coefficient (Wildman–Crippen LogP) is 1.35. The van der Waals surface area contributed by atoms with E-state index in [1.807, 2.05) is 47.0 Å². The summed E-state index contributed by atoms with van der Waals surface area (Å²) in [6, 6.07) is 17.1. The van der Waals surface area contributed by atoms with E-state index in [1.165, 1.54) is 0 Å². The number of aromatic nitrogens is 2. The Balaban J connectivity index is 2.27. The average Bonchev–Trinajstić information content (AvgIpc) is 2.52. The van der Waals surface area contributed by atoms with Gasteiger partial charge in [-0.3, -0.25) is 4.79 Å². The summed E-state index contributed by atoms with van der Waals surface area (Å²) >= 11 is 0. The molecule has 0 aliphatic heterocycles. The Morgan fingerprint density at radius 2 is 1.73 bits per heavy atom. The molecule has 0 amide bonds. The Labute approximate surface area is 126 Å².